The van der Waals surface area contributed by atoms with Crippen molar-refractivity contribution in [3.05, 3.63) is 120 Å². The van der Waals surface area contributed by atoms with E-state index in [1.807, 2.05) is 80.7 Å². The van der Waals surface area contributed by atoms with Crippen LogP contribution in [0, 0.1) is 25.2 Å². The van der Waals surface area contributed by atoms with Gasteiger partial charge in [0.25, 0.3) is 11.5 Å². The highest BCUT2D eigenvalue weighted by molar-refractivity contribution is 7.07. The van der Waals surface area contributed by atoms with E-state index in [-0.39, 0.29) is 15.8 Å². The van der Waals surface area contributed by atoms with Gasteiger partial charge in [-0.15, -0.1) is 11.3 Å². The molecule has 0 bridgehead atoms. The molecule has 1 amide bonds. The molecule has 238 valence electrons. The highest BCUT2D eigenvalue weighted by Crippen LogP contribution is 2.25. The lowest BCUT2D eigenvalue weighted by molar-refractivity contribution is -0.115. The van der Waals surface area contributed by atoms with E-state index in [1.165, 1.54) is 4.57 Å². The van der Waals surface area contributed by atoms with Gasteiger partial charge in [-0.25, -0.2) is 4.68 Å². The molecule has 1 fully saturated rings. The number of hydrogen-bond donors (Lipinski definition) is 1. The quantitative estimate of drug-likeness (QED) is 0.269. The molecule has 0 radical (unpaired) electrons. The van der Waals surface area contributed by atoms with E-state index < -0.39 is 5.91 Å². The van der Waals surface area contributed by atoms with Crippen molar-refractivity contribution in [2.75, 3.05) is 39.4 Å². The Hall–Kier alpha value is -4.79. The Kier molecular flexibility index (Phi) is 9.80. The molecule has 2 aromatic heterocycles. The Labute approximate surface area is 281 Å². The van der Waals surface area contributed by atoms with Gasteiger partial charge in [0.1, 0.15) is 10.7 Å². The SMILES string of the molecule is Cc1ccc(-c2nn(-c3ccccc3)cc2/C=c2\s/c(=C(/C#N)C(=O)NCCN3CCOCC3)n(-c3ccc(C)c(Cl)c3)c2=O)cc1. The number of nitrogens with zero attached hydrogens (tertiary/aromatic N) is 5. The van der Waals surface area contributed by atoms with Crippen molar-refractivity contribution in [2.24, 2.45) is 0 Å². The van der Waals surface area contributed by atoms with Crippen LogP contribution < -0.4 is 20.1 Å². The van der Waals surface area contributed by atoms with E-state index >= 15 is 0 Å². The summed E-state index contributed by atoms with van der Waals surface area (Å²) in [5.74, 6) is -0.544. The van der Waals surface area contributed by atoms with Crippen molar-refractivity contribution < 1.29 is 9.53 Å². The van der Waals surface area contributed by atoms with E-state index in [0.29, 0.717) is 52.8 Å². The van der Waals surface area contributed by atoms with E-state index in [9.17, 15) is 14.9 Å². The summed E-state index contributed by atoms with van der Waals surface area (Å²) in [6.07, 6.45) is 3.65. The lowest BCUT2D eigenvalue weighted by Crippen LogP contribution is -2.42. The molecule has 3 aromatic carbocycles. The average Bonchev–Trinajstić information content (AvgIpc) is 3.65. The summed E-state index contributed by atoms with van der Waals surface area (Å²) in [5, 5.41) is 18.5. The molecule has 0 saturated carbocycles. The molecule has 0 unspecified atom stereocenters. The van der Waals surface area contributed by atoms with Gasteiger partial charge in [-0.3, -0.25) is 19.1 Å². The van der Waals surface area contributed by atoms with Gasteiger partial charge in [-0.05, 0) is 49.8 Å². The molecule has 0 spiro atoms. The number of nitrogens with one attached hydrogen (secondary N) is 1. The van der Waals surface area contributed by atoms with Crippen molar-refractivity contribution in [1.82, 2.24) is 24.6 Å². The zero-order valence-electron chi connectivity index (χ0n) is 26.1. The molecule has 1 aliphatic heterocycles. The van der Waals surface area contributed by atoms with Gasteiger partial charge in [0.15, 0.2) is 5.57 Å². The van der Waals surface area contributed by atoms with Crippen LogP contribution in [0.5, 0.6) is 0 Å². The number of halogens is 1. The highest BCUT2D eigenvalue weighted by atomic mass is 35.5. The van der Waals surface area contributed by atoms with E-state index in [0.717, 1.165) is 46.8 Å². The second kappa shape index (κ2) is 14.3. The van der Waals surface area contributed by atoms with E-state index in [4.69, 9.17) is 21.4 Å². The first kappa shape index (κ1) is 32.2. The third kappa shape index (κ3) is 7.14. The van der Waals surface area contributed by atoms with E-state index in [1.54, 1.807) is 22.9 Å². The number of aromatic nitrogens is 3. The second-order valence-electron chi connectivity index (χ2n) is 11.3. The molecule has 47 heavy (non-hydrogen) atoms. The third-order valence-corrected chi connectivity index (χ3v) is 9.48. The summed E-state index contributed by atoms with van der Waals surface area (Å²) in [7, 11) is 0. The number of thiazole rings is 1. The number of aryl methyl sites for hydroxylation is 2. The van der Waals surface area contributed by atoms with Gasteiger partial charge in [0, 0.05) is 48.5 Å². The summed E-state index contributed by atoms with van der Waals surface area (Å²) < 4.78 is 9.14. The summed E-state index contributed by atoms with van der Waals surface area (Å²) in [6.45, 7) is 7.75. The van der Waals surface area contributed by atoms with Gasteiger partial charge in [-0.2, -0.15) is 10.4 Å². The molecule has 0 aliphatic carbocycles. The number of amides is 1. The first-order chi connectivity index (χ1) is 22.8. The minimum absolute atomic E-state index is 0.149. The summed E-state index contributed by atoms with van der Waals surface area (Å²) in [5.41, 5.74) is 5.06. The fourth-order valence-electron chi connectivity index (χ4n) is 5.32. The van der Waals surface area contributed by atoms with Crippen LogP contribution in [-0.4, -0.2) is 64.5 Å². The maximum Gasteiger partial charge on any atom is 0.273 e. The number of rotatable bonds is 8. The highest BCUT2D eigenvalue weighted by Gasteiger charge is 2.19. The number of para-hydroxylation sites is 1. The number of nitriles is 1. The van der Waals surface area contributed by atoms with Crippen molar-refractivity contribution in [1.29, 1.82) is 5.26 Å². The Morgan fingerprint density at radius 1 is 1.06 bits per heavy atom. The van der Waals surface area contributed by atoms with Crippen LogP contribution in [0.4, 0.5) is 0 Å². The average molecular weight is 665 g/mol. The molecule has 9 nitrogen and oxygen atoms in total. The van der Waals surface area contributed by atoms with Crippen molar-refractivity contribution in [3.8, 4) is 28.7 Å². The van der Waals surface area contributed by atoms with Gasteiger partial charge in [0.05, 0.1) is 34.8 Å². The van der Waals surface area contributed by atoms with Crippen LogP contribution in [0.2, 0.25) is 5.02 Å². The number of carbonyl (C=O) groups excluding carboxylic acids is 1. The Morgan fingerprint density at radius 2 is 1.81 bits per heavy atom. The second-order valence-corrected chi connectivity index (χ2v) is 12.7. The normalized spacial score (nSPS) is 14.6. The fraction of sp³-hybridized carbons (Fsp3) is 0.222. The summed E-state index contributed by atoms with van der Waals surface area (Å²) >= 11 is 7.58. The first-order valence-electron chi connectivity index (χ1n) is 15.3. The fourth-order valence-corrected chi connectivity index (χ4v) is 6.59. The van der Waals surface area contributed by atoms with Gasteiger partial charge >= 0.3 is 0 Å². The maximum atomic E-state index is 14.2. The molecule has 1 saturated heterocycles. The Morgan fingerprint density at radius 3 is 2.51 bits per heavy atom. The van der Waals surface area contributed by atoms with Gasteiger partial charge in [0.2, 0.25) is 0 Å². The van der Waals surface area contributed by atoms with E-state index in [2.05, 4.69) is 16.3 Å². The Balaban J connectivity index is 1.50. The maximum absolute atomic E-state index is 14.2. The lowest BCUT2D eigenvalue weighted by atomic mass is 10.1. The third-order valence-electron chi connectivity index (χ3n) is 7.98. The standard InChI is InChI=1S/C36H33ClN6O3S/c1-24-8-11-26(12-9-24)33-27(23-42(40-33)28-6-4-3-5-7-28)20-32-35(45)43(29-13-10-25(2)31(37)21-29)36(47-32)30(22-38)34(44)39-14-15-41-16-18-46-19-17-41/h3-13,20-21,23H,14-19H2,1-2H3,(H,39,44)/b32-20-,36-30-. The lowest BCUT2D eigenvalue weighted by Gasteiger charge is -2.26. The molecule has 1 N–H and O–H groups in total. The Bertz CT molecular complexity index is 2140. The molecule has 5 aromatic rings. The number of ether oxygens (including phenoxy) is 1. The van der Waals surface area contributed by atoms with Gasteiger partial charge < -0.3 is 10.1 Å². The predicted octanol–water partition coefficient (Wildman–Crippen LogP) is 3.97. The molecule has 0 atom stereocenters. The molecule has 1 aliphatic rings. The zero-order valence-corrected chi connectivity index (χ0v) is 27.6. The van der Waals surface area contributed by atoms with Crippen molar-refractivity contribution >= 4 is 40.5 Å². The van der Waals surface area contributed by atoms with Crippen LogP contribution in [0.15, 0.2) is 83.8 Å². The van der Waals surface area contributed by atoms with Crippen molar-refractivity contribution in [2.45, 2.75) is 13.8 Å². The topological polar surface area (TPSA) is 105 Å². The van der Waals surface area contributed by atoms with Crippen molar-refractivity contribution in [3.63, 3.8) is 0 Å². The number of carbonyl (C=O) groups is 1. The summed E-state index contributed by atoms with van der Waals surface area (Å²) in [6, 6.07) is 25.1. The first-order valence-corrected chi connectivity index (χ1v) is 16.5. The number of hydrogen-bond acceptors (Lipinski definition) is 7. The van der Waals surface area contributed by atoms with Crippen LogP contribution in [0.3, 0.4) is 0 Å². The molecule has 11 heteroatoms. The zero-order chi connectivity index (χ0) is 32.9. The smallest absolute Gasteiger partial charge is 0.273 e. The van der Waals surface area contributed by atoms with Crippen LogP contribution >= 0.6 is 22.9 Å². The minimum Gasteiger partial charge on any atom is -0.379 e. The van der Waals surface area contributed by atoms with Crippen LogP contribution in [0.1, 0.15) is 16.7 Å². The summed E-state index contributed by atoms with van der Waals surface area (Å²) in [4.78, 5) is 29.9. The molecular weight excluding hydrogens is 632 g/mol. The predicted molar refractivity (Wildman–Crippen MR) is 186 cm³/mol. The molecule has 6 rings (SSSR count). The van der Waals surface area contributed by atoms with Crippen LogP contribution in [-0.2, 0) is 9.53 Å². The largest absolute Gasteiger partial charge is 0.379 e. The number of benzene rings is 3. The monoisotopic (exact) mass is 664 g/mol. The van der Waals surface area contributed by atoms with Gasteiger partial charge in [-0.1, -0.05) is 65.7 Å². The molecular formula is C36H33ClN6O3S. The van der Waals surface area contributed by atoms with Crippen LogP contribution in [0.25, 0.3) is 34.3 Å². The number of morpholine rings is 1. The minimum atomic E-state index is -0.544. The molecule has 3 heterocycles.